The molecule has 1 aromatic carbocycles. The number of hydrogen-bond acceptors (Lipinski definition) is 4. The third-order valence-corrected chi connectivity index (χ3v) is 2.20. The highest BCUT2D eigenvalue weighted by atomic mass is 16.5. The Labute approximate surface area is 101 Å². The van der Waals surface area contributed by atoms with Crippen LogP contribution in [0.3, 0.4) is 0 Å². The first kappa shape index (κ1) is 13.1. The first-order chi connectivity index (χ1) is 8.19. The number of nitrogen functional groups attached to an aromatic ring is 1. The lowest BCUT2D eigenvalue weighted by atomic mass is 10.1. The van der Waals surface area contributed by atoms with Crippen LogP contribution in [0.1, 0.15) is 22.3 Å². The highest BCUT2D eigenvalue weighted by Crippen LogP contribution is 2.13. The first-order valence-corrected chi connectivity index (χ1v) is 5.30. The van der Waals surface area contributed by atoms with E-state index in [0.717, 1.165) is 18.5 Å². The van der Waals surface area contributed by atoms with E-state index in [9.17, 15) is 4.79 Å². The molecule has 1 aromatic rings. The quantitative estimate of drug-likeness (QED) is 0.353. The summed E-state index contributed by atoms with van der Waals surface area (Å²) >= 11 is 0. The van der Waals surface area contributed by atoms with Crippen LogP contribution in [0.15, 0.2) is 18.2 Å². The minimum Gasteiger partial charge on any atom is -0.465 e. The standard InChI is InChI=1S/C13H16N2O2/c1-15-8-4-3-5-10-6-7-11(9-12(10)14)13(16)17-2/h6-7,9,15H,4,8,14H2,1-2H3. The van der Waals surface area contributed by atoms with Crippen molar-refractivity contribution in [3.63, 3.8) is 0 Å². The molecule has 0 saturated heterocycles. The number of nitrogens with one attached hydrogen (secondary N) is 1. The Morgan fingerprint density at radius 2 is 2.29 bits per heavy atom. The van der Waals surface area contributed by atoms with Crippen LogP contribution < -0.4 is 11.1 Å². The molecule has 0 heterocycles. The molecule has 0 aliphatic carbocycles. The fraction of sp³-hybridized carbons (Fsp3) is 0.308. The van der Waals surface area contributed by atoms with Crippen LogP contribution in [0.5, 0.6) is 0 Å². The van der Waals surface area contributed by atoms with Crippen LogP contribution in [0.4, 0.5) is 5.69 Å². The molecular formula is C13H16N2O2. The first-order valence-electron chi connectivity index (χ1n) is 5.30. The van der Waals surface area contributed by atoms with Crippen LogP contribution in [-0.2, 0) is 4.74 Å². The lowest BCUT2D eigenvalue weighted by Crippen LogP contribution is -2.06. The van der Waals surface area contributed by atoms with Crippen molar-refractivity contribution in [1.82, 2.24) is 5.32 Å². The molecular weight excluding hydrogens is 216 g/mol. The fourth-order valence-electron chi connectivity index (χ4n) is 1.27. The summed E-state index contributed by atoms with van der Waals surface area (Å²) in [6.07, 6.45) is 0.759. The maximum atomic E-state index is 11.3. The van der Waals surface area contributed by atoms with Gasteiger partial charge in [-0.25, -0.2) is 4.79 Å². The average molecular weight is 232 g/mol. The van der Waals surface area contributed by atoms with Gasteiger partial charge in [0.15, 0.2) is 0 Å². The van der Waals surface area contributed by atoms with E-state index in [1.54, 1.807) is 18.2 Å². The van der Waals surface area contributed by atoms with Gasteiger partial charge in [0.1, 0.15) is 0 Å². The Morgan fingerprint density at radius 3 is 2.88 bits per heavy atom. The Bertz CT molecular complexity index is 458. The summed E-state index contributed by atoms with van der Waals surface area (Å²) in [5, 5.41) is 3.01. The third-order valence-electron chi connectivity index (χ3n) is 2.20. The largest absolute Gasteiger partial charge is 0.465 e. The lowest BCUT2D eigenvalue weighted by Gasteiger charge is -2.02. The number of methoxy groups -OCH3 is 1. The van der Waals surface area contributed by atoms with E-state index in [1.807, 2.05) is 7.05 Å². The minimum atomic E-state index is -0.397. The summed E-state index contributed by atoms with van der Waals surface area (Å²) < 4.78 is 4.61. The Morgan fingerprint density at radius 1 is 1.53 bits per heavy atom. The molecule has 0 aromatic heterocycles. The van der Waals surface area contributed by atoms with E-state index in [0.29, 0.717) is 11.3 Å². The number of ether oxygens (including phenoxy) is 1. The zero-order chi connectivity index (χ0) is 12.7. The second-order valence-corrected chi connectivity index (χ2v) is 3.45. The zero-order valence-corrected chi connectivity index (χ0v) is 10.0. The molecule has 0 spiro atoms. The van der Waals surface area contributed by atoms with Crippen molar-refractivity contribution in [2.24, 2.45) is 0 Å². The number of nitrogens with two attached hydrogens (primary N) is 1. The van der Waals surface area contributed by atoms with E-state index in [-0.39, 0.29) is 0 Å². The van der Waals surface area contributed by atoms with Gasteiger partial charge in [0.25, 0.3) is 0 Å². The summed E-state index contributed by atoms with van der Waals surface area (Å²) in [7, 11) is 3.21. The Balaban J connectivity index is 2.82. The van der Waals surface area contributed by atoms with E-state index in [1.165, 1.54) is 7.11 Å². The molecule has 0 atom stereocenters. The molecule has 0 unspecified atom stereocenters. The fourth-order valence-corrected chi connectivity index (χ4v) is 1.27. The molecule has 0 aliphatic heterocycles. The Hall–Kier alpha value is -1.99. The monoisotopic (exact) mass is 232 g/mol. The molecule has 3 N–H and O–H groups in total. The van der Waals surface area contributed by atoms with Crippen molar-refractivity contribution >= 4 is 11.7 Å². The highest BCUT2D eigenvalue weighted by Gasteiger charge is 2.06. The van der Waals surface area contributed by atoms with Gasteiger partial charge < -0.3 is 15.8 Å². The topological polar surface area (TPSA) is 64.3 Å². The maximum absolute atomic E-state index is 11.3. The number of rotatable bonds is 3. The second kappa shape index (κ2) is 6.56. The number of anilines is 1. The number of hydrogen-bond donors (Lipinski definition) is 2. The van der Waals surface area contributed by atoms with E-state index < -0.39 is 5.97 Å². The molecule has 17 heavy (non-hydrogen) atoms. The van der Waals surface area contributed by atoms with Gasteiger partial charge in [-0.3, -0.25) is 0 Å². The van der Waals surface area contributed by atoms with Crippen molar-refractivity contribution in [1.29, 1.82) is 0 Å². The van der Waals surface area contributed by atoms with Crippen LogP contribution in [0, 0.1) is 11.8 Å². The van der Waals surface area contributed by atoms with Gasteiger partial charge in [0, 0.05) is 24.2 Å². The van der Waals surface area contributed by atoms with Crippen molar-refractivity contribution in [2.45, 2.75) is 6.42 Å². The smallest absolute Gasteiger partial charge is 0.337 e. The van der Waals surface area contributed by atoms with E-state index >= 15 is 0 Å². The molecule has 0 radical (unpaired) electrons. The molecule has 4 nitrogen and oxygen atoms in total. The van der Waals surface area contributed by atoms with Crippen molar-refractivity contribution in [2.75, 3.05) is 26.4 Å². The molecule has 0 amide bonds. The van der Waals surface area contributed by atoms with E-state index in [4.69, 9.17) is 5.73 Å². The molecule has 0 fully saturated rings. The van der Waals surface area contributed by atoms with Crippen molar-refractivity contribution < 1.29 is 9.53 Å². The minimum absolute atomic E-state index is 0.397. The predicted molar refractivity (Wildman–Crippen MR) is 67.6 cm³/mol. The van der Waals surface area contributed by atoms with Gasteiger partial charge in [-0.05, 0) is 25.2 Å². The van der Waals surface area contributed by atoms with Gasteiger partial charge in [0.2, 0.25) is 0 Å². The molecule has 1 rings (SSSR count). The van der Waals surface area contributed by atoms with Crippen LogP contribution in [0.25, 0.3) is 0 Å². The molecule has 90 valence electrons. The molecule has 4 heteroatoms. The summed E-state index contributed by atoms with van der Waals surface area (Å²) in [5.74, 6) is 5.57. The van der Waals surface area contributed by atoms with Gasteiger partial charge in [-0.2, -0.15) is 0 Å². The summed E-state index contributed by atoms with van der Waals surface area (Å²) in [6, 6.07) is 4.96. The number of carbonyl (C=O) groups excluding carboxylic acids is 1. The molecule has 0 aliphatic rings. The average Bonchev–Trinajstić information content (AvgIpc) is 2.35. The lowest BCUT2D eigenvalue weighted by molar-refractivity contribution is 0.0601. The van der Waals surface area contributed by atoms with Gasteiger partial charge >= 0.3 is 5.97 Å². The Kier molecular flexibility index (Phi) is 5.05. The molecule has 0 saturated carbocycles. The zero-order valence-electron chi connectivity index (χ0n) is 10.0. The SMILES string of the molecule is CNCCC#Cc1ccc(C(=O)OC)cc1N. The molecule has 0 bridgehead atoms. The van der Waals surface area contributed by atoms with Gasteiger partial charge in [0.05, 0.1) is 12.7 Å². The van der Waals surface area contributed by atoms with Crippen molar-refractivity contribution in [3.05, 3.63) is 29.3 Å². The number of esters is 1. The van der Waals surface area contributed by atoms with Crippen LogP contribution in [-0.4, -0.2) is 26.7 Å². The second-order valence-electron chi connectivity index (χ2n) is 3.45. The third kappa shape index (κ3) is 3.82. The summed E-state index contributed by atoms with van der Waals surface area (Å²) in [4.78, 5) is 11.3. The van der Waals surface area contributed by atoms with Crippen LogP contribution in [0.2, 0.25) is 0 Å². The summed E-state index contributed by atoms with van der Waals surface area (Å²) in [5.41, 5.74) is 7.46. The number of benzene rings is 1. The van der Waals surface area contributed by atoms with Gasteiger partial charge in [-0.15, -0.1) is 0 Å². The summed E-state index contributed by atoms with van der Waals surface area (Å²) in [6.45, 7) is 0.840. The number of carbonyl (C=O) groups is 1. The highest BCUT2D eigenvalue weighted by molar-refractivity contribution is 5.90. The van der Waals surface area contributed by atoms with Crippen molar-refractivity contribution in [3.8, 4) is 11.8 Å². The van der Waals surface area contributed by atoms with Crippen LogP contribution >= 0.6 is 0 Å². The van der Waals surface area contributed by atoms with E-state index in [2.05, 4.69) is 21.9 Å². The maximum Gasteiger partial charge on any atom is 0.337 e. The normalized spacial score (nSPS) is 9.29. The van der Waals surface area contributed by atoms with Gasteiger partial charge in [-0.1, -0.05) is 11.8 Å². The predicted octanol–water partition coefficient (Wildman–Crippen LogP) is 1.02.